The van der Waals surface area contributed by atoms with Gasteiger partial charge in [-0.3, -0.25) is 4.79 Å². The average molecular weight is 230 g/mol. The molecule has 1 aromatic heterocycles. The Morgan fingerprint density at radius 1 is 1.41 bits per heavy atom. The molecule has 0 atom stereocenters. The summed E-state index contributed by atoms with van der Waals surface area (Å²) in [7, 11) is 1.92. The molecule has 0 aromatic carbocycles. The molecule has 1 amide bonds. The predicted molar refractivity (Wildman–Crippen MR) is 61.3 cm³/mol. The van der Waals surface area contributed by atoms with E-state index in [2.05, 4.69) is 10.1 Å². The first-order valence-corrected chi connectivity index (χ1v) is 6.05. The van der Waals surface area contributed by atoms with E-state index in [9.17, 15) is 4.79 Å². The highest BCUT2D eigenvalue weighted by atomic mass is 16.2. The Kier molecular flexibility index (Phi) is 1.53. The van der Waals surface area contributed by atoms with Crippen LogP contribution < -0.4 is 0 Å². The first-order valence-electron chi connectivity index (χ1n) is 6.05. The number of aromatic nitrogens is 2. The lowest BCUT2D eigenvalue weighted by atomic mass is 9.49. The number of amides is 1. The van der Waals surface area contributed by atoms with Gasteiger partial charge in [0.05, 0.1) is 24.0 Å². The maximum Gasteiger partial charge on any atom is 0.249 e. The van der Waals surface area contributed by atoms with Gasteiger partial charge in [-0.15, -0.1) is 0 Å². The molecule has 0 radical (unpaired) electrons. The lowest BCUT2D eigenvalue weighted by Gasteiger charge is -2.63. The highest BCUT2D eigenvalue weighted by Crippen LogP contribution is 2.61. The van der Waals surface area contributed by atoms with Gasteiger partial charge in [-0.2, -0.15) is 5.10 Å². The van der Waals surface area contributed by atoms with E-state index in [0.29, 0.717) is 6.42 Å². The third-order valence-corrected chi connectivity index (χ3v) is 4.23. The molecular weight excluding hydrogens is 216 g/mol. The molecule has 5 nitrogen and oxygen atoms in total. The zero-order chi connectivity index (χ0) is 11.6. The smallest absolute Gasteiger partial charge is 0.249 e. The lowest BCUT2D eigenvalue weighted by molar-refractivity contribution is -0.168. The number of hydrazone groups is 1. The summed E-state index contributed by atoms with van der Waals surface area (Å²) in [6.07, 6.45) is 7.51. The van der Waals surface area contributed by atoms with Crippen LogP contribution in [0.3, 0.4) is 0 Å². The van der Waals surface area contributed by atoms with Crippen LogP contribution in [0.2, 0.25) is 0 Å². The predicted octanol–water partition coefficient (Wildman–Crippen LogP) is 0.909. The van der Waals surface area contributed by atoms with E-state index in [-0.39, 0.29) is 11.4 Å². The van der Waals surface area contributed by atoms with Crippen molar-refractivity contribution in [2.24, 2.45) is 18.1 Å². The molecule has 1 aromatic rings. The molecule has 1 aliphatic heterocycles. The topological polar surface area (TPSA) is 50.5 Å². The number of nitrogens with zero attached hydrogens (tertiary/aromatic N) is 4. The number of carbonyl (C=O) groups excluding carboxylic acids is 1. The SMILES string of the molecule is Cn1cnc(C2=NN(C34CC(C3)C4)C(=O)C2)c1. The summed E-state index contributed by atoms with van der Waals surface area (Å²) >= 11 is 0. The summed E-state index contributed by atoms with van der Waals surface area (Å²) < 4.78 is 1.88. The minimum Gasteiger partial charge on any atom is -0.340 e. The standard InChI is InChI=1S/C12H14N4O/c1-15-6-10(13-7-15)9-2-11(17)16(14-9)12-3-8(4-12)5-12/h6-8H,2-5H2,1H3. The maximum absolute atomic E-state index is 12.0. The van der Waals surface area contributed by atoms with Crippen LogP contribution in [0.15, 0.2) is 17.6 Å². The van der Waals surface area contributed by atoms with E-state index in [4.69, 9.17) is 0 Å². The second kappa shape index (κ2) is 2.78. The fourth-order valence-corrected chi connectivity index (χ4v) is 3.20. The molecule has 3 saturated carbocycles. The number of carbonyl (C=O) groups is 1. The summed E-state index contributed by atoms with van der Waals surface area (Å²) in [6.45, 7) is 0. The van der Waals surface area contributed by atoms with Gasteiger partial charge in [0.2, 0.25) is 5.91 Å². The Morgan fingerprint density at radius 3 is 2.71 bits per heavy atom. The fraction of sp³-hybridized carbons (Fsp3) is 0.583. The molecular formula is C12H14N4O. The van der Waals surface area contributed by atoms with Crippen LogP contribution in [0.1, 0.15) is 31.4 Å². The van der Waals surface area contributed by atoms with Gasteiger partial charge in [0, 0.05) is 13.2 Å². The molecule has 0 N–H and O–H groups in total. The van der Waals surface area contributed by atoms with Crippen molar-refractivity contribution < 1.29 is 4.79 Å². The van der Waals surface area contributed by atoms with Crippen molar-refractivity contribution in [3.63, 3.8) is 0 Å². The Labute approximate surface area is 99.1 Å². The maximum atomic E-state index is 12.0. The monoisotopic (exact) mass is 230 g/mol. The minimum absolute atomic E-state index is 0.0955. The number of rotatable bonds is 2. The number of aryl methyl sites for hydroxylation is 1. The van der Waals surface area contributed by atoms with E-state index in [1.807, 2.05) is 17.8 Å². The Morgan fingerprint density at radius 2 is 2.18 bits per heavy atom. The number of imidazole rings is 1. The quantitative estimate of drug-likeness (QED) is 0.758. The molecule has 5 rings (SSSR count). The van der Waals surface area contributed by atoms with Gasteiger partial charge in [0.1, 0.15) is 5.69 Å². The highest BCUT2D eigenvalue weighted by molar-refractivity contribution is 6.12. The lowest BCUT2D eigenvalue weighted by Crippen LogP contribution is -2.67. The summed E-state index contributed by atoms with van der Waals surface area (Å²) in [6, 6.07) is 0. The highest BCUT2D eigenvalue weighted by Gasteiger charge is 2.62. The molecule has 2 heterocycles. The van der Waals surface area contributed by atoms with Crippen LogP contribution in [0.25, 0.3) is 0 Å². The van der Waals surface area contributed by atoms with Gasteiger partial charge in [-0.05, 0) is 25.2 Å². The minimum atomic E-state index is 0.0955. The van der Waals surface area contributed by atoms with Gasteiger partial charge >= 0.3 is 0 Å². The van der Waals surface area contributed by atoms with E-state index >= 15 is 0 Å². The van der Waals surface area contributed by atoms with E-state index < -0.39 is 0 Å². The normalized spacial score (nSPS) is 34.4. The summed E-state index contributed by atoms with van der Waals surface area (Å²) in [5.41, 5.74) is 1.74. The van der Waals surface area contributed by atoms with Crippen molar-refractivity contribution in [1.29, 1.82) is 0 Å². The Balaban J connectivity index is 1.65. The molecule has 0 spiro atoms. The first-order chi connectivity index (χ1) is 8.16. The molecule has 88 valence electrons. The van der Waals surface area contributed by atoms with Crippen LogP contribution in [0, 0.1) is 5.92 Å². The third-order valence-electron chi connectivity index (χ3n) is 4.23. The molecule has 3 fully saturated rings. The third kappa shape index (κ3) is 1.11. The van der Waals surface area contributed by atoms with Crippen LogP contribution in [0.4, 0.5) is 0 Å². The van der Waals surface area contributed by atoms with Crippen molar-refractivity contribution in [3.05, 3.63) is 18.2 Å². The van der Waals surface area contributed by atoms with Crippen molar-refractivity contribution >= 4 is 11.6 Å². The van der Waals surface area contributed by atoms with Crippen LogP contribution in [-0.2, 0) is 11.8 Å². The fourth-order valence-electron chi connectivity index (χ4n) is 3.20. The van der Waals surface area contributed by atoms with Crippen LogP contribution >= 0.6 is 0 Å². The number of hydrogen-bond acceptors (Lipinski definition) is 3. The molecule has 2 bridgehead atoms. The molecule has 5 heteroatoms. The van der Waals surface area contributed by atoms with E-state index in [0.717, 1.165) is 36.6 Å². The van der Waals surface area contributed by atoms with Gasteiger partial charge in [0.25, 0.3) is 0 Å². The number of hydrogen-bond donors (Lipinski definition) is 0. The first kappa shape index (κ1) is 9.39. The molecule has 4 aliphatic rings. The zero-order valence-electron chi connectivity index (χ0n) is 9.76. The Bertz CT molecular complexity index is 527. The molecule has 0 unspecified atom stereocenters. The van der Waals surface area contributed by atoms with Gasteiger partial charge < -0.3 is 4.57 Å². The van der Waals surface area contributed by atoms with Crippen LogP contribution in [-0.4, -0.2) is 31.7 Å². The van der Waals surface area contributed by atoms with Crippen molar-refractivity contribution in [3.8, 4) is 0 Å². The zero-order valence-corrected chi connectivity index (χ0v) is 9.76. The van der Waals surface area contributed by atoms with Gasteiger partial charge in [-0.1, -0.05) is 0 Å². The second-order valence-electron chi connectivity index (χ2n) is 5.56. The second-order valence-corrected chi connectivity index (χ2v) is 5.56. The largest absolute Gasteiger partial charge is 0.340 e. The van der Waals surface area contributed by atoms with Crippen molar-refractivity contribution in [1.82, 2.24) is 14.6 Å². The molecule has 3 aliphatic carbocycles. The van der Waals surface area contributed by atoms with Gasteiger partial charge in [0.15, 0.2) is 0 Å². The Hall–Kier alpha value is -1.65. The van der Waals surface area contributed by atoms with Crippen LogP contribution in [0.5, 0.6) is 0 Å². The van der Waals surface area contributed by atoms with E-state index in [1.165, 1.54) is 0 Å². The average Bonchev–Trinajstić information content (AvgIpc) is 2.69. The molecule has 17 heavy (non-hydrogen) atoms. The summed E-state index contributed by atoms with van der Waals surface area (Å²) in [4.78, 5) is 16.3. The van der Waals surface area contributed by atoms with Crippen molar-refractivity contribution in [2.45, 2.75) is 31.2 Å². The van der Waals surface area contributed by atoms with E-state index in [1.54, 1.807) is 11.3 Å². The summed E-state index contributed by atoms with van der Waals surface area (Å²) in [5, 5.41) is 6.26. The van der Waals surface area contributed by atoms with Gasteiger partial charge in [-0.25, -0.2) is 9.99 Å². The summed E-state index contributed by atoms with van der Waals surface area (Å²) in [5.74, 6) is 1.00. The molecule has 0 saturated heterocycles. The van der Waals surface area contributed by atoms with Crippen molar-refractivity contribution in [2.75, 3.05) is 0 Å².